The number of hydrogen-bond acceptors (Lipinski definition) is 2. The van der Waals surface area contributed by atoms with Gasteiger partial charge in [0.15, 0.2) is 0 Å². The Labute approximate surface area is 116 Å². The molecule has 1 unspecified atom stereocenters. The van der Waals surface area contributed by atoms with Crippen LogP contribution in [-0.4, -0.2) is 15.6 Å². The quantitative estimate of drug-likeness (QED) is 0.903. The van der Waals surface area contributed by atoms with Crippen LogP contribution in [0.5, 0.6) is 0 Å². The number of hydrogen-bond donors (Lipinski definition) is 2. The highest BCUT2D eigenvalue weighted by Crippen LogP contribution is 2.20. The second-order valence-corrected chi connectivity index (χ2v) is 4.67. The third-order valence-corrected chi connectivity index (χ3v) is 3.08. The Morgan fingerprint density at radius 3 is 2.79 bits per heavy atom. The molecule has 0 aliphatic heterocycles. The number of carbonyl (C=O) groups is 1. The molecule has 1 heterocycles. The van der Waals surface area contributed by atoms with Gasteiger partial charge in [0.2, 0.25) is 5.91 Å². The van der Waals surface area contributed by atoms with E-state index >= 15 is 0 Å². The highest BCUT2D eigenvalue weighted by molar-refractivity contribution is 6.33. The first-order chi connectivity index (χ1) is 9.08. The first-order valence-electron chi connectivity index (χ1n) is 5.95. The average Bonchev–Trinajstić information content (AvgIpc) is 2.80. The predicted molar refractivity (Wildman–Crippen MR) is 75.1 cm³/mol. The van der Waals surface area contributed by atoms with Gasteiger partial charge in [-0.2, -0.15) is 0 Å². The highest BCUT2D eigenvalue weighted by atomic mass is 35.5. The lowest BCUT2D eigenvalue weighted by molar-refractivity contribution is -0.116. The fraction of sp³-hybridized carbons (Fsp3) is 0.214. The lowest BCUT2D eigenvalue weighted by Crippen LogP contribution is -2.20. The Hall–Kier alpha value is -1.78. The van der Waals surface area contributed by atoms with Gasteiger partial charge in [0.1, 0.15) is 6.54 Å². The molecular formula is C14H15ClN2O2. The van der Waals surface area contributed by atoms with Gasteiger partial charge in [0.25, 0.3) is 0 Å². The van der Waals surface area contributed by atoms with E-state index in [-0.39, 0.29) is 12.5 Å². The number of halogens is 1. The Bertz CT molecular complexity index is 578. The zero-order valence-electron chi connectivity index (χ0n) is 10.5. The molecule has 0 radical (unpaired) electrons. The van der Waals surface area contributed by atoms with Gasteiger partial charge >= 0.3 is 0 Å². The fourth-order valence-electron chi connectivity index (χ4n) is 1.86. The highest BCUT2D eigenvalue weighted by Gasteiger charge is 2.11. The molecule has 100 valence electrons. The van der Waals surface area contributed by atoms with Gasteiger partial charge in [-0.05, 0) is 31.2 Å². The van der Waals surface area contributed by atoms with Crippen LogP contribution in [-0.2, 0) is 11.3 Å². The van der Waals surface area contributed by atoms with Crippen LogP contribution in [0.15, 0.2) is 42.6 Å². The third kappa shape index (κ3) is 3.36. The number of nitrogens with one attached hydrogen (secondary N) is 1. The zero-order valence-corrected chi connectivity index (χ0v) is 11.3. The van der Waals surface area contributed by atoms with Gasteiger partial charge in [-0.15, -0.1) is 0 Å². The minimum Gasteiger partial charge on any atom is -0.387 e. The molecule has 2 N–H and O–H groups in total. The topological polar surface area (TPSA) is 54.3 Å². The monoisotopic (exact) mass is 278 g/mol. The average molecular weight is 279 g/mol. The molecule has 0 spiro atoms. The van der Waals surface area contributed by atoms with E-state index in [0.717, 1.165) is 0 Å². The van der Waals surface area contributed by atoms with E-state index in [1.165, 1.54) is 0 Å². The van der Waals surface area contributed by atoms with Crippen molar-refractivity contribution in [3.8, 4) is 0 Å². The summed E-state index contributed by atoms with van der Waals surface area (Å²) >= 11 is 5.97. The molecule has 0 bridgehead atoms. The van der Waals surface area contributed by atoms with Crippen molar-refractivity contribution in [2.75, 3.05) is 5.32 Å². The summed E-state index contributed by atoms with van der Waals surface area (Å²) in [6, 6.07) is 10.6. The molecule has 0 aliphatic rings. The summed E-state index contributed by atoms with van der Waals surface area (Å²) in [5.41, 5.74) is 1.29. The minimum absolute atomic E-state index is 0.137. The van der Waals surface area contributed by atoms with Crippen molar-refractivity contribution in [1.29, 1.82) is 0 Å². The summed E-state index contributed by atoms with van der Waals surface area (Å²) in [6.45, 7) is 1.80. The van der Waals surface area contributed by atoms with E-state index in [2.05, 4.69) is 5.32 Å². The summed E-state index contributed by atoms with van der Waals surface area (Å²) < 4.78 is 1.71. The summed E-state index contributed by atoms with van der Waals surface area (Å²) in [5.74, 6) is -0.189. The number of nitrogens with zero attached hydrogens (tertiary/aromatic N) is 1. The van der Waals surface area contributed by atoms with Crippen molar-refractivity contribution >= 4 is 23.2 Å². The number of rotatable bonds is 4. The number of aliphatic hydroxyl groups is 1. The van der Waals surface area contributed by atoms with Crippen LogP contribution in [0.3, 0.4) is 0 Å². The Balaban J connectivity index is 2.06. The van der Waals surface area contributed by atoms with Gasteiger partial charge in [0, 0.05) is 11.9 Å². The lowest BCUT2D eigenvalue weighted by Gasteiger charge is -2.12. The van der Waals surface area contributed by atoms with Gasteiger partial charge in [0.05, 0.1) is 16.8 Å². The van der Waals surface area contributed by atoms with E-state index in [4.69, 9.17) is 11.6 Å². The summed E-state index contributed by atoms with van der Waals surface area (Å²) in [6.07, 6.45) is 1.15. The van der Waals surface area contributed by atoms with Crippen LogP contribution in [0, 0.1) is 0 Å². The Morgan fingerprint density at radius 1 is 1.37 bits per heavy atom. The summed E-state index contributed by atoms with van der Waals surface area (Å²) in [7, 11) is 0. The van der Waals surface area contributed by atoms with Crippen molar-refractivity contribution in [2.45, 2.75) is 19.6 Å². The SMILES string of the molecule is CC(O)c1cccn1CC(=O)Nc1ccccc1Cl. The van der Waals surface area contributed by atoms with Gasteiger partial charge in [-0.1, -0.05) is 23.7 Å². The van der Waals surface area contributed by atoms with E-state index in [9.17, 15) is 9.90 Å². The van der Waals surface area contributed by atoms with Crippen LogP contribution in [0.25, 0.3) is 0 Å². The molecule has 1 aromatic carbocycles. The number of benzene rings is 1. The molecular weight excluding hydrogens is 264 g/mol. The minimum atomic E-state index is -0.608. The summed E-state index contributed by atoms with van der Waals surface area (Å²) in [5, 5.41) is 12.8. The maximum atomic E-state index is 11.9. The maximum Gasteiger partial charge on any atom is 0.244 e. The molecule has 19 heavy (non-hydrogen) atoms. The van der Waals surface area contributed by atoms with Crippen LogP contribution >= 0.6 is 11.6 Å². The number of anilines is 1. The molecule has 2 rings (SSSR count). The second kappa shape index (κ2) is 5.91. The van der Waals surface area contributed by atoms with Crippen molar-refractivity contribution in [3.63, 3.8) is 0 Å². The van der Waals surface area contributed by atoms with Crippen LogP contribution in [0.2, 0.25) is 5.02 Å². The lowest BCUT2D eigenvalue weighted by atomic mass is 10.3. The number of aromatic nitrogens is 1. The van der Waals surface area contributed by atoms with E-state index in [0.29, 0.717) is 16.4 Å². The van der Waals surface area contributed by atoms with Crippen molar-refractivity contribution in [2.24, 2.45) is 0 Å². The van der Waals surface area contributed by atoms with E-state index < -0.39 is 6.10 Å². The first kappa shape index (κ1) is 13.6. The van der Waals surface area contributed by atoms with Gasteiger partial charge in [-0.3, -0.25) is 4.79 Å². The van der Waals surface area contributed by atoms with Gasteiger partial charge in [-0.25, -0.2) is 0 Å². The maximum absolute atomic E-state index is 11.9. The molecule has 1 amide bonds. The molecule has 2 aromatic rings. The molecule has 0 fully saturated rings. The van der Waals surface area contributed by atoms with Crippen LogP contribution in [0.4, 0.5) is 5.69 Å². The number of amides is 1. The first-order valence-corrected chi connectivity index (χ1v) is 6.33. The smallest absolute Gasteiger partial charge is 0.244 e. The van der Waals surface area contributed by atoms with Crippen molar-refractivity contribution in [3.05, 3.63) is 53.3 Å². The zero-order chi connectivity index (χ0) is 13.8. The van der Waals surface area contributed by atoms with Crippen LogP contribution < -0.4 is 5.32 Å². The molecule has 0 aliphatic carbocycles. The molecule has 1 atom stereocenters. The standard InChI is InChI=1S/C14H15ClN2O2/c1-10(18)13-7-4-8-17(13)9-14(19)16-12-6-3-2-5-11(12)15/h2-8,10,18H,9H2,1H3,(H,16,19). The normalized spacial score (nSPS) is 12.2. The third-order valence-electron chi connectivity index (χ3n) is 2.75. The molecule has 5 heteroatoms. The van der Waals surface area contributed by atoms with Gasteiger partial charge < -0.3 is 15.0 Å². The molecule has 0 saturated carbocycles. The number of para-hydroxylation sites is 1. The largest absolute Gasteiger partial charge is 0.387 e. The molecule has 0 saturated heterocycles. The van der Waals surface area contributed by atoms with Crippen molar-refractivity contribution < 1.29 is 9.90 Å². The van der Waals surface area contributed by atoms with Crippen LogP contribution in [0.1, 0.15) is 18.7 Å². The number of carbonyl (C=O) groups excluding carboxylic acids is 1. The van der Waals surface area contributed by atoms with E-state index in [1.807, 2.05) is 0 Å². The Kier molecular flexibility index (Phi) is 4.24. The second-order valence-electron chi connectivity index (χ2n) is 4.26. The Morgan fingerprint density at radius 2 is 2.11 bits per heavy atom. The van der Waals surface area contributed by atoms with E-state index in [1.54, 1.807) is 54.1 Å². The molecule has 1 aromatic heterocycles. The fourth-order valence-corrected chi connectivity index (χ4v) is 2.04. The molecule has 4 nitrogen and oxygen atoms in total. The summed E-state index contributed by atoms with van der Waals surface area (Å²) in [4.78, 5) is 11.9. The van der Waals surface area contributed by atoms with Crippen molar-refractivity contribution in [1.82, 2.24) is 4.57 Å². The number of aliphatic hydroxyl groups excluding tert-OH is 1. The predicted octanol–water partition coefficient (Wildman–Crippen LogP) is 2.83.